The SMILES string of the molecule is C=C(/C=C(\C=C(/N)c1ccccc1)c1cc(-c2cc(-c3ccccc3)nc(-c3ccccc3)c2)cc(-c2cc3ccccc3c3ccccc23)c1)c1ccccc1. The number of nitrogens with zero attached hydrogens (tertiary/aromatic N) is 1. The molecule has 0 atom stereocenters. The highest BCUT2D eigenvalue weighted by molar-refractivity contribution is 6.14. The number of fused-ring (bicyclic) bond motifs is 3. The van der Waals surface area contributed by atoms with Crippen LogP contribution in [0.4, 0.5) is 0 Å². The summed E-state index contributed by atoms with van der Waals surface area (Å²) in [4.78, 5) is 5.21. The van der Waals surface area contributed by atoms with Gasteiger partial charge >= 0.3 is 0 Å². The lowest BCUT2D eigenvalue weighted by Crippen LogP contribution is -1.98. The first-order valence-corrected chi connectivity index (χ1v) is 19.3. The summed E-state index contributed by atoms with van der Waals surface area (Å²) < 4.78 is 0. The third-order valence-corrected chi connectivity index (χ3v) is 10.5. The van der Waals surface area contributed by atoms with Crippen LogP contribution < -0.4 is 5.73 Å². The molecule has 0 saturated carbocycles. The van der Waals surface area contributed by atoms with Gasteiger partial charge in [0.1, 0.15) is 0 Å². The molecule has 9 rings (SSSR count). The summed E-state index contributed by atoms with van der Waals surface area (Å²) in [6, 6.07) is 72.3. The molecular formula is C55H40N2. The van der Waals surface area contributed by atoms with Crippen LogP contribution in [0.25, 0.3) is 83.2 Å². The van der Waals surface area contributed by atoms with Crippen molar-refractivity contribution in [1.82, 2.24) is 4.98 Å². The third-order valence-electron chi connectivity index (χ3n) is 10.5. The van der Waals surface area contributed by atoms with Gasteiger partial charge in [-0.05, 0) is 120 Å². The average Bonchev–Trinajstić information content (AvgIpc) is 3.29. The highest BCUT2D eigenvalue weighted by atomic mass is 14.7. The van der Waals surface area contributed by atoms with E-state index in [0.717, 1.165) is 72.6 Å². The van der Waals surface area contributed by atoms with Crippen molar-refractivity contribution in [3.8, 4) is 44.8 Å². The lowest BCUT2D eigenvalue weighted by atomic mass is 9.88. The molecule has 0 amide bonds. The van der Waals surface area contributed by atoms with E-state index in [1.54, 1.807) is 0 Å². The maximum atomic E-state index is 6.93. The molecule has 0 aliphatic carbocycles. The van der Waals surface area contributed by atoms with E-state index in [1.165, 1.54) is 21.5 Å². The highest BCUT2D eigenvalue weighted by Crippen LogP contribution is 2.40. The summed E-state index contributed by atoms with van der Waals surface area (Å²) in [5.74, 6) is 0. The Morgan fingerprint density at radius 1 is 0.404 bits per heavy atom. The maximum absolute atomic E-state index is 6.93. The number of hydrogen-bond acceptors (Lipinski definition) is 2. The first-order valence-electron chi connectivity index (χ1n) is 19.3. The van der Waals surface area contributed by atoms with Crippen molar-refractivity contribution in [2.75, 3.05) is 0 Å². The van der Waals surface area contributed by atoms with E-state index < -0.39 is 0 Å². The van der Waals surface area contributed by atoms with Crippen molar-refractivity contribution >= 4 is 38.4 Å². The summed E-state index contributed by atoms with van der Waals surface area (Å²) >= 11 is 0. The normalized spacial score (nSPS) is 11.9. The minimum atomic E-state index is 0.674. The van der Waals surface area contributed by atoms with Gasteiger partial charge < -0.3 is 5.73 Å². The number of hydrogen-bond donors (Lipinski definition) is 1. The van der Waals surface area contributed by atoms with Gasteiger partial charge in [0.15, 0.2) is 0 Å². The van der Waals surface area contributed by atoms with E-state index in [1.807, 2.05) is 60.7 Å². The van der Waals surface area contributed by atoms with Crippen LogP contribution in [-0.2, 0) is 0 Å². The van der Waals surface area contributed by atoms with Crippen LogP contribution in [0.1, 0.15) is 16.7 Å². The van der Waals surface area contributed by atoms with Crippen molar-refractivity contribution in [3.63, 3.8) is 0 Å². The number of benzene rings is 8. The second-order valence-corrected chi connectivity index (χ2v) is 14.3. The lowest BCUT2D eigenvalue weighted by molar-refractivity contribution is 1.32. The summed E-state index contributed by atoms with van der Waals surface area (Å²) in [6.07, 6.45) is 4.24. The van der Waals surface area contributed by atoms with Crippen molar-refractivity contribution in [3.05, 3.63) is 242 Å². The molecule has 0 fully saturated rings. The minimum absolute atomic E-state index is 0.674. The summed E-state index contributed by atoms with van der Waals surface area (Å²) in [5, 5.41) is 4.85. The molecule has 0 saturated heterocycles. The van der Waals surface area contributed by atoms with Gasteiger partial charge in [-0.3, -0.25) is 0 Å². The van der Waals surface area contributed by atoms with Crippen LogP contribution in [-0.4, -0.2) is 4.98 Å². The summed E-state index contributed by atoms with van der Waals surface area (Å²) in [7, 11) is 0. The Balaban J connectivity index is 1.33. The van der Waals surface area contributed by atoms with Gasteiger partial charge in [-0.25, -0.2) is 4.98 Å². The zero-order valence-corrected chi connectivity index (χ0v) is 31.5. The molecular weight excluding hydrogens is 689 g/mol. The number of rotatable bonds is 9. The molecule has 0 aliphatic rings. The topological polar surface area (TPSA) is 38.9 Å². The number of allylic oxidation sites excluding steroid dienone is 4. The molecule has 1 heterocycles. The van der Waals surface area contributed by atoms with Gasteiger partial charge in [0.05, 0.1) is 11.4 Å². The van der Waals surface area contributed by atoms with Gasteiger partial charge in [0, 0.05) is 16.8 Å². The molecule has 0 spiro atoms. The maximum Gasteiger partial charge on any atom is 0.0715 e. The van der Waals surface area contributed by atoms with Crippen LogP contribution in [0.2, 0.25) is 0 Å². The molecule has 2 nitrogen and oxygen atoms in total. The fourth-order valence-corrected chi connectivity index (χ4v) is 7.63. The van der Waals surface area contributed by atoms with E-state index in [4.69, 9.17) is 10.7 Å². The van der Waals surface area contributed by atoms with Crippen molar-refractivity contribution in [2.45, 2.75) is 0 Å². The van der Waals surface area contributed by atoms with Crippen molar-refractivity contribution in [2.24, 2.45) is 5.73 Å². The molecule has 0 radical (unpaired) electrons. The molecule has 1 aromatic heterocycles. The standard InChI is InChI=1S/C55H40N2/c1-38(39-18-6-2-7-19-39)30-44(35-53(56)40-20-8-3-9-21-40)45-31-46(33-48(32-45)52-34-43-26-14-15-27-49(43)50-28-16-17-29-51(50)52)47-36-54(41-22-10-4-11-23-41)57-55(37-47)42-24-12-5-13-25-42/h2-37H,1,56H2/b44-30+,53-35-. The van der Waals surface area contributed by atoms with Gasteiger partial charge in [0.2, 0.25) is 0 Å². The monoisotopic (exact) mass is 728 g/mol. The molecule has 2 heteroatoms. The van der Waals surface area contributed by atoms with Crippen molar-refractivity contribution < 1.29 is 0 Å². The number of pyridine rings is 1. The third kappa shape index (κ3) is 7.45. The van der Waals surface area contributed by atoms with Gasteiger partial charge in [-0.1, -0.05) is 176 Å². The first-order chi connectivity index (χ1) is 28.1. The fourth-order valence-electron chi connectivity index (χ4n) is 7.63. The van der Waals surface area contributed by atoms with Crippen LogP contribution in [0.15, 0.2) is 225 Å². The Hall–Kier alpha value is -7.55. The van der Waals surface area contributed by atoms with E-state index in [2.05, 4.69) is 164 Å². The predicted molar refractivity (Wildman–Crippen MR) is 243 cm³/mol. The quantitative estimate of drug-likeness (QED) is 0.119. The van der Waals surface area contributed by atoms with E-state index in [9.17, 15) is 0 Å². The molecule has 0 unspecified atom stereocenters. The van der Waals surface area contributed by atoms with Gasteiger partial charge in [-0.15, -0.1) is 0 Å². The van der Waals surface area contributed by atoms with Crippen LogP contribution in [0.5, 0.6) is 0 Å². The molecule has 270 valence electrons. The van der Waals surface area contributed by atoms with E-state index >= 15 is 0 Å². The van der Waals surface area contributed by atoms with Gasteiger partial charge in [-0.2, -0.15) is 0 Å². The Morgan fingerprint density at radius 3 is 1.53 bits per heavy atom. The molecule has 57 heavy (non-hydrogen) atoms. The van der Waals surface area contributed by atoms with Crippen LogP contribution >= 0.6 is 0 Å². The molecule has 2 N–H and O–H groups in total. The first kappa shape index (κ1) is 35.2. The zero-order valence-electron chi connectivity index (χ0n) is 31.5. The smallest absolute Gasteiger partial charge is 0.0715 e. The Kier molecular flexibility index (Phi) is 9.67. The highest BCUT2D eigenvalue weighted by Gasteiger charge is 2.16. The molecule has 8 aromatic carbocycles. The largest absolute Gasteiger partial charge is 0.398 e. The van der Waals surface area contributed by atoms with Gasteiger partial charge in [0.25, 0.3) is 0 Å². The number of nitrogens with two attached hydrogens (primary N) is 1. The van der Waals surface area contributed by atoms with Crippen LogP contribution in [0.3, 0.4) is 0 Å². The second-order valence-electron chi connectivity index (χ2n) is 14.3. The van der Waals surface area contributed by atoms with Crippen molar-refractivity contribution in [1.29, 1.82) is 0 Å². The molecule has 0 aliphatic heterocycles. The predicted octanol–water partition coefficient (Wildman–Crippen LogP) is 14.2. The second kappa shape index (κ2) is 15.7. The minimum Gasteiger partial charge on any atom is -0.398 e. The summed E-state index contributed by atoms with van der Waals surface area (Å²) in [5.41, 5.74) is 20.8. The summed E-state index contributed by atoms with van der Waals surface area (Å²) in [6.45, 7) is 4.54. The molecule has 0 bridgehead atoms. The number of aromatic nitrogens is 1. The van der Waals surface area contributed by atoms with Crippen LogP contribution in [0, 0.1) is 0 Å². The lowest BCUT2D eigenvalue weighted by Gasteiger charge is -2.17. The Bertz CT molecular complexity index is 2890. The molecule has 9 aromatic rings. The Labute approximate surface area is 334 Å². The fraction of sp³-hybridized carbons (Fsp3) is 0. The Morgan fingerprint density at radius 2 is 0.895 bits per heavy atom. The van der Waals surface area contributed by atoms with E-state index in [0.29, 0.717) is 5.70 Å². The van der Waals surface area contributed by atoms with E-state index in [-0.39, 0.29) is 0 Å². The zero-order chi connectivity index (χ0) is 38.6. The average molecular weight is 729 g/mol.